The van der Waals surface area contributed by atoms with Crippen LogP contribution < -0.4 is 5.63 Å². The molecule has 0 spiro atoms. The zero-order valence-corrected chi connectivity index (χ0v) is 9.39. The molecule has 88 valence electrons. The number of fused-ring (bicyclic) bond motifs is 1. The highest BCUT2D eigenvalue weighted by Crippen LogP contribution is 2.28. The lowest BCUT2D eigenvalue weighted by atomic mass is 10.0. The average molecular weight is 240 g/mol. The van der Waals surface area contributed by atoms with Crippen molar-refractivity contribution in [3.63, 3.8) is 0 Å². The Morgan fingerprint density at radius 3 is 2.44 bits per heavy atom. The van der Waals surface area contributed by atoms with Gasteiger partial charge in [0.1, 0.15) is 11.4 Å². The van der Waals surface area contributed by atoms with Crippen LogP contribution in [0, 0.1) is 5.82 Å². The Labute approximate surface area is 102 Å². The second-order valence-electron chi connectivity index (χ2n) is 3.96. The first kappa shape index (κ1) is 10.7. The van der Waals surface area contributed by atoms with Gasteiger partial charge in [0, 0.05) is 22.6 Å². The molecule has 0 aliphatic carbocycles. The van der Waals surface area contributed by atoms with E-state index in [0.29, 0.717) is 16.7 Å². The van der Waals surface area contributed by atoms with Crippen LogP contribution in [0.3, 0.4) is 0 Å². The topological polar surface area (TPSA) is 30.2 Å². The van der Waals surface area contributed by atoms with Crippen LogP contribution in [0.5, 0.6) is 0 Å². The number of hydrogen-bond acceptors (Lipinski definition) is 2. The predicted molar refractivity (Wildman–Crippen MR) is 67.9 cm³/mol. The number of benzene rings is 2. The van der Waals surface area contributed by atoms with Gasteiger partial charge in [0.05, 0.1) is 0 Å². The van der Waals surface area contributed by atoms with Gasteiger partial charge in [-0.1, -0.05) is 36.4 Å². The quantitative estimate of drug-likeness (QED) is 0.608. The van der Waals surface area contributed by atoms with Gasteiger partial charge in [-0.3, -0.25) is 0 Å². The third-order valence-corrected chi connectivity index (χ3v) is 2.81. The van der Waals surface area contributed by atoms with Crippen molar-refractivity contribution >= 4 is 11.0 Å². The van der Waals surface area contributed by atoms with Gasteiger partial charge >= 0.3 is 5.63 Å². The minimum Gasteiger partial charge on any atom is -0.423 e. The summed E-state index contributed by atoms with van der Waals surface area (Å²) in [6.07, 6.45) is 0. The minimum atomic E-state index is -0.480. The molecule has 2 aromatic carbocycles. The van der Waals surface area contributed by atoms with E-state index in [1.165, 1.54) is 12.1 Å². The molecule has 1 aromatic heterocycles. The normalized spacial score (nSPS) is 10.7. The summed E-state index contributed by atoms with van der Waals surface area (Å²) in [7, 11) is 0. The van der Waals surface area contributed by atoms with Crippen LogP contribution in [0.25, 0.3) is 22.1 Å². The molecule has 0 unspecified atom stereocenters. The van der Waals surface area contributed by atoms with Crippen molar-refractivity contribution in [2.45, 2.75) is 0 Å². The second kappa shape index (κ2) is 4.11. The van der Waals surface area contributed by atoms with Crippen LogP contribution in [0.1, 0.15) is 0 Å². The molecule has 1 heterocycles. The zero-order chi connectivity index (χ0) is 12.5. The van der Waals surface area contributed by atoms with Gasteiger partial charge in [-0.05, 0) is 12.1 Å². The molecule has 3 aromatic rings. The molecule has 0 fully saturated rings. The molecule has 0 aliphatic heterocycles. The lowest BCUT2D eigenvalue weighted by molar-refractivity contribution is 0.561. The molecule has 2 nitrogen and oxygen atoms in total. The standard InChI is InChI=1S/C15H9FO2/c16-13-7-3-1-5-10(13)12-9-15(17)18-14-8-4-2-6-11(12)14/h1-9H. The van der Waals surface area contributed by atoms with Crippen molar-refractivity contribution in [3.05, 3.63) is 70.8 Å². The SMILES string of the molecule is O=c1cc(-c2ccccc2F)c2ccccc2o1. The summed E-state index contributed by atoms with van der Waals surface area (Å²) in [4.78, 5) is 11.5. The summed E-state index contributed by atoms with van der Waals surface area (Å²) >= 11 is 0. The summed E-state index contributed by atoms with van der Waals surface area (Å²) in [6, 6.07) is 14.8. The third-order valence-electron chi connectivity index (χ3n) is 2.81. The average Bonchev–Trinajstić information content (AvgIpc) is 2.38. The first-order chi connectivity index (χ1) is 8.75. The lowest BCUT2D eigenvalue weighted by Gasteiger charge is -2.06. The van der Waals surface area contributed by atoms with E-state index in [1.807, 2.05) is 6.07 Å². The molecule has 3 heteroatoms. The first-order valence-corrected chi connectivity index (χ1v) is 5.53. The van der Waals surface area contributed by atoms with Gasteiger partial charge in [0.2, 0.25) is 0 Å². The molecular formula is C15H9FO2. The van der Waals surface area contributed by atoms with Crippen molar-refractivity contribution in [1.29, 1.82) is 0 Å². The van der Waals surface area contributed by atoms with Crippen LogP contribution in [0.4, 0.5) is 4.39 Å². The molecule has 0 amide bonds. The molecule has 0 bridgehead atoms. The van der Waals surface area contributed by atoms with E-state index in [0.717, 1.165) is 5.39 Å². The Bertz CT molecular complexity index is 775. The highest BCUT2D eigenvalue weighted by atomic mass is 19.1. The van der Waals surface area contributed by atoms with Crippen LogP contribution in [-0.2, 0) is 0 Å². The Kier molecular flexibility index (Phi) is 2.45. The van der Waals surface area contributed by atoms with Gasteiger partial charge < -0.3 is 4.42 Å². The van der Waals surface area contributed by atoms with E-state index in [-0.39, 0.29) is 5.82 Å². The highest BCUT2D eigenvalue weighted by Gasteiger charge is 2.10. The molecule has 0 N–H and O–H groups in total. The minimum absolute atomic E-state index is 0.353. The molecule has 3 rings (SSSR count). The summed E-state index contributed by atoms with van der Waals surface area (Å²) < 4.78 is 18.9. The molecular weight excluding hydrogens is 231 g/mol. The molecule has 0 aliphatic rings. The van der Waals surface area contributed by atoms with E-state index in [4.69, 9.17) is 4.42 Å². The molecule has 0 saturated carbocycles. The first-order valence-electron chi connectivity index (χ1n) is 5.53. The monoisotopic (exact) mass is 240 g/mol. The van der Waals surface area contributed by atoms with Crippen molar-refractivity contribution in [2.24, 2.45) is 0 Å². The largest absolute Gasteiger partial charge is 0.423 e. The second-order valence-corrected chi connectivity index (χ2v) is 3.96. The van der Waals surface area contributed by atoms with E-state index in [9.17, 15) is 9.18 Å². The van der Waals surface area contributed by atoms with Crippen LogP contribution in [0.15, 0.2) is 63.8 Å². The summed E-state index contributed by atoms with van der Waals surface area (Å²) in [5.74, 6) is -0.353. The third kappa shape index (κ3) is 1.70. The molecule has 0 saturated heterocycles. The maximum atomic E-state index is 13.8. The predicted octanol–water partition coefficient (Wildman–Crippen LogP) is 3.60. The van der Waals surface area contributed by atoms with E-state index in [2.05, 4.69) is 0 Å². The zero-order valence-electron chi connectivity index (χ0n) is 9.39. The maximum absolute atomic E-state index is 13.8. The van der Waals surface area contributed by atoms with Crippen molar-refractivity contribution in [2.75, 3.05) is 0 Å². The smallest absolute Gasteiger partial charge is 0.336 e. The Morgan fingerprint density at radius 2 is 1.61 bits per heavy atom. The van der Waals surface area contributed by atoms with E-state index >= 15 is 0 Å². The van der Waals surface area contributed by atoms with Crippen LogP contribution >= 0.6 is 0 Å². The number of para-hydroxylation sites is 1. The molecule has 0 atom stereocenters. The fourth-order valence-corrected chi connectivity index (χ4v) is 2.01. The lowest BCUT2D eigenvalue weighted by Crippen LogP contribution is -1.98. The van der Waals surface area contributed by atoms with Crippen molar-refractivity contribution < 1.29 is 8.81 Å². The Hall–Kier alpha value is -2.42. The fraction of sp³-hybridized carbons (Fsp3) is 0. The molecule has 0 radical (unpaired) electrons. The highest BCUT2D eigenvalue weighted by molar-refractivity contribution is 5.93. The fourth-order valence-electron chi connectivity index (χ4n) is 2.01. The summed E-state index contributed by atoms with van der Waals surface area (Å²) in [6.45, 7) is 0. The van der Waals surface area contributed by atoms with Crippen molar-refractivity contribution in [3.8, 4) is 11.1 Å². The number of hydrogen-bond donors (Lipinski definition) is 0. The van der Waals surface area contributed by atoms with Gasteiger partial charge in [0.25, 0.3) is 0 Å². The van der Waals surface area contributed by atoms with Crippen LogP contribution in [0.2, 0.25) is 0 Å². The van der Waals surface area contributed by atoms with E-state index < -0.39 is 5.63 Å². The van der Waals surface area contributed by atoms with Gasteiger partial charge in [-0.15, -0.1) is 0 Å². The summed E-state index contributed by atoms with van der Waals surface area (Å²) in [5.41, 5.74) is 0.941. The van der Waals surface area contributed by atoms with Gasteiger partial charge in [-0.25, -0.2) is 9.18 Å². The van der Waals surface area contributed by atoms with Gasteiger partial charge in [0.15, 0.2) is 0 Å². The van der Waals surface area contributed by atoms with Gasteiger partial charge in [-0.2, -0.15) is 0 Å². The number of halogens is 1. The van der Waals surface area contributed by atoms with E-state index in [1.54, 1.807) is 36.4 Å². The van der Waals surface area contributed by atoms with Crippen LogP contribution in [-0.4, -0.2) is 0 Å². The summed E-state index contributed by atoms with van der Waals surface area (Å²) in [5, 5.41) is 0.724. The molecule has 18 heavy (non-hydrogen) atoms. The Morgan fingerprint density at radius 1 is 0.889 bits per heavy atom. The number of rotatable bonds is 1. The Balaban J connectivity index is 2.42. The maximum Gasteiger partial charge on any atom is 0.336 e. The van der Waals surface area contributed by atoms with Crippen molar-refractivity contribution in [1.82, 2.24) is 0 Å².